The van der Waals surface area contributed by atoms with Crippen LogP contribution in [0.1, 0.15) is 24.2 Å². The first kappa shape index (κ1) is 11.5. The van der Waals surface area contributed by atoms with Gasteiger partial charge in [-0.05, 0) is 32.0 Å². The fraction of sp³-hybridized carbons (Fsp3) is 0.308. The van der Waals surface area contributed by atoms with Crippen molar-refractivity contribution in [1.29, 1.82) is 0 Å². The smallest absolute Gasteiger partial charge is 0.150 e. The second-order valence-corrected chi connectivity index (χ2v) is 3.76. The van der Waals surface area contributed by atoms with E-state index in [1.165, 1.54) is 0 Å². The third-order valence-corrected chi connectivity index (χ3v) is 2.84. The van der Waals surface area contributed by atoms with Gasteiger partial charge in [-0.15, -0.1) is 0 Å². The summed E-state index contributed by atoms with van der Waals surface area (Å²) in [5, 5.41) is 0.931. The van der Waals surface area contributed by atoms with Crippen LogP contribution in [0.5, 0.6) is 0 Å². The van der Waals surface area contributed by atoms with E-state index in [0.29, 0.717) is 5.56 Å². The van der Waals surface area contributed by atoms with Gasteiger partial charge < -0.3 is 4.90 Å². The summed E-state index contributed by atoms with van der Waals surface area (Å²) in [6.07, 6.45) is 2.41. The number of hydrogen-bond donors (Lipinski definition) is 0. The van der Waals surface area contributed by atoms with Crippen molar-refractivity contribution in [2.45, 2.75) is 13.8 Å². The average Bonchev–Trinajstić information content (AvgIpc) is 2.40. The van der Waals surface area contributed by atoms with Crippen molar-refractivity contribution >= 4 is 23.0 Å². The summed E-state index contributed by atoms with van der Waals surface area (Å²) >= 11 is 0. The van der Waals surface area contributed by atoms with Gasteiger partial charge in [0.2, 0.25) is 0 Å². The summed E-state index contributed by atoms with van der Waals surface area (Å²) in [5.74, 6) is 0.892. The van der Waals surface area contributed by atoms with Gasteiger partial charge in [0.1, 0.15) is 18.4 Å². The Balaban J connectivity index is 2.65. The molecule has 1 aromatic heterocycles. The summed E-state index contributed by atoms with van der Waals surface area (Å²) < 4.78 is 0. The lowest BCUT2D eigenvalue weighted by Gasteiger charge is -2.20. The largest absolute Gasteiger partial charge is 0.357 e. The molecule has 2 rings (SSSR count). The third kappa shape index (κ3) is 2.11. The van der Waals surface area contributed by atoms with E-state index < -0.39 is 0 Å². The molecule has 88 valence electrons. The van der Waals surface area contributed by atoms with E-state index in [2.05, 4.69) is 28.7 Å². The van der Waals surface area contributed by atoms with Gasteiger partial charge in [-0.25, -0.2) is 9.97 Å². The summed E-state index contributed by atoms with van der Waals surface area (Å²) in [5.41, 5.74) is 1.52. The van der Waals surface area contributed by atoms with Crippen molar-refractivity contribution in [3.8, 4) is 0 Å². The summed E-state index contributed by atoms with van der Waals surface area (Å²) in [4.78, 5) is 21.5. The standard InChI is InChI=1S/C13H15N3O/c1-3-16(4-2)13-11-7-10(8-17)5-6-12(11)14-9-15-13/h5-9H,3-4H2,1-2H3. The van der Waals surface area contributed by atoms with Gasteiger partial charge in [-0.2, -0.15) is 0 Å². The van der Waals surface area contributed by atoms with Crippen LogP contribution in [-0.4, -0.2) is 29.3 Å². The van der Waals surface area contributed by atoms with Gasteiger partial charge in [-0.3, -0.25) is 4.79 Å². The molecule has 0 aliphatic heterocycles. The van der Waals surface area contributed by atoms with Crippen LogP contribution in [0.15, 0.2) is 24.5 Å². The number of aldehydes is 1. The van der Waals surface area contributed by atoms with Gasteiger partial charge in [-0.1, -0.05) is 0 Å². The van der Waals surface area contributed by atoms with E-state index in [9.17, 15) is 4.79 Å². The minimum absolute atomic E-state index is 0.653. The van der Waals surface area contributed by atoms with Crippen LogP contribution < -0.4 is 4.90 Å². The Hall–Kier alpha value is -1.97. The number of nitrogens with zero attached hydrogens (tertiary/aromatic N) is 3. The molecule has 0 amide bonds. The van der Waals surface area contributed by atoms with E-state index in [1.54, 1.807) is 12.4 Å². The van der Waals surface area contributed by atoms with Crippen LogP contribution in [0.25, 0.3) is 10.9 Å². The second-order valence-electron chi connectivity index (χ2n) is 3.76. The first-order chi connectivity index (χ1) is 8.30. The monoisotopic (exact) mass is 229 g/mol. The predicted molar refractivity (Wildman–Crippen MR) is 68.5 cm³/mol. The molecule has 0 radical (unpaired) electrons. The van der Waals surface area contributed by atoms with Gasteiger partial charge >= 0.3 is 0 Å². The molecule has 4 nitrogen and oxygen atoms in total. The first-order valence-electron chi connectivity index (χ1n) is 5.75. The second kappa shape index (κ2) is 4.91. The van der Waals surface area contributed by atoms with Crippen molar-refractivity contribution in [3.63, 3.8) is 0 Å². The fourth-order valence-electron chi connectivity index (χ4n) is 1.91. The molecule has 0 fully saturated rings. The Morgan fingerprint density at radius 3 is 2.65 bits per heavy atom. The molecule has 0 bridgehead atoms. The lowest BCUT2D eigenvalue weighted by atomic mass is 10.1. The zero-order valence-electron chi connectivity index (χ0n) is 10.1. The van der Waals surface area contributed by atoms with Crippen LogP contribution in [-0.2, 0) is 0 Å². The Labute approximate surface area is 100 Å². The number of fused-ring (bicyclic) bond motifs is 1. The highest BCUT2D eigenvalue weighted by atomic mass is 16.1. The molecule has 0 saturated heterocycles. The van der Waals surface area contributed by atoms with Gasteiger partial charge in [0, 0.05) is 24.0 Å². The molecule has 1 aromatic carbocycles. The minimum atomic E-state index is 0.653. The zero-order valence-corrected chi connectivity index (χ0v) is 10.1. The lowest BCUT2D eigenvalue weighted by molar-refractivity contribution is 0.112. The molecule has 1 heterocycles. The maximum Gasteiger partial charge on any atom is 0.150 e. The SMILES string of the molecule is CCN(CC)c1ncnc2ccc(C=O)cc12. The molecule has 0 saturated carbocycles. The predicted octanol–water partition coefficient (Wildman–Crippen LogP) is 2.29. The molecule has 2 aromatic rings. The Kier molecular flexibility index (Phi) is 3.32. The highest BCUT2D eigenvalue weighted by Gasteiger charge is 2.09. The summed E-state index contributed by atoms with van der Waals surface area (Å²) in [6.45, 7) is 5.93. The number of hydrogen-bond acceptors (Lipinski definition) is 4. The Bertz CT molecular complexity index is 535. The maximum atomic E-state index is 10.8. The number of carbonyl (C=O) groups is 1. The number of benzene rings is 1. The van der Waals surface area contributed by atoms with E-state index in [1.807, 2.05) is 12.1 Å². The van der Waals surface area contributed by atoms with Crippen LogP contribution in [0, 0.1) is 0 Å². The van der Waals surface area contributed by atoms with E-state index in [-0.39, 0.29) is 0 Å². The average molecular weight is 229 g/mol. The van der Waals surface area contributed by atoms with Gasteiger partial charge in [0.05, 0.1) is 5.52 Å². The van der Waals surface area contributed by atoms with Crippen molar-refractivity contribution in [1.82, 2.24) is 9.97 Å². The number of anilines is 1. The highest BCUT2D eigenvalue weighted by molar-refractivity contribution is 5.93. The Morgan fingerprint density at radius 2 is 2.00 bits per heavy atom. The molecule has 0 spiro atoms. The molecular weight excluding hydrogens is 214 g/mol. The highest BCUT2D eigenvalue weighted by Crippen LogP contribution is 2.23. The minimum Gasteiger partial charge on any atom is -0.357 e. The van der Waals surface area contributed by atoms with Gasteiger partial charge in [0.15, 0.2) is 0 Å². The maximum absolute atomic E-state index is 10.8. The molecule has 0 aliphatic carbocycles. The topological polar surface area (TPSA) is 46.1 Å². The number of aromatic nitrogens is 2. The van der Waals surface area contributed by atoms with Crippen molar-refractivity contribution < 1.29 is 4.79 Å². The quantitative estimate of drug-likeness (QED) is 0.755. The number of rotatable bonds is 4. The molecule has 4 heteroatoms. The molecule has 0 N–H and O–H groups in total. The van der Waals surface area contributed by atoms with Crippen LogP contribution in [0.2, 0.25) is 0 Å². The third-order valence-electron chi connectivity index (χ3n) is 2.84. The number of carbonyl (C=O) groups excluding carboxylic acids is 1. The van der Waals surface area contributed by atoms with Crippen LogP contribution >= 0.6 is 0 Å². The zero-order chi connectivity index (χ0) is 12.3. The van der Waals surface area contributed by atoms with Crippen molar-refractivity contribution in [2.24, 2.45) is 0 Å². The normalized spacial score (nSPS) is 10.5. The fourth-order valence-corrected chi connectivity index (χ4v) is 1.91. The van der Waals surface area contributed by atoms with Crippen LogP contribution in [0.4, 0.5) is 5.82 Å². The summed E-state index contributed by atoms with van der Waals surface area (Å²) in [7, 11) is 0. The van der Waals surface area contributed by atoms with E-state index >= 15 is 0 Å². The lowest BCUT2D eigenvalue weighted by Crippen LogP contribution is -2.23. The van der Waals surface area contributed by atoms with Crippen molar-refractivity contribution in [3.05, 3.63) is 30.1 Å². The van der Waals surface area contributed by atoms with Crippen molar-refractivity contribution in [2.75, 3.05) is 18.0 Å². The first-order valence-corrected chi connectivity index (χ1v) is 5.75. The molecule has 17 heavy (non-hydrogen) atoms. The molecule has 0 atom stereocenters. The molecular formula is C13H15N3O. The van der Waals surface area contributed by atoms with E-state index in [4.69, 9.17) is 0 Å². The molecule has 0 unspecified atom stereocenters. The Morgan fingerprint density at radius 1 is 1.24 bits per heavy atom. The van der Waals surface area contributed by atoms with E-state index in [0.717, 1.165) is 36.1 Å². The van der Waals surface area contributed by atoms with Gasteiger partial charge in [0.25, 0.3) is 0 Å². The molecule has 0 aliphatic rings. The van der Waals surface area contributed by atoms with Crippen LogP contribution in [0.3, 0.4) is 0 Å². The summed E-state index contributed by atoms with van der Waals surface area (Å²) in [6, 6.07) is 5.47.